The summed E-state index contributed by atoms with van der Waals surface area (Å²) >= 11 is 0. The number of nitro benzene ring substituents is 1. The van der Waals surface area contributed by atoms with Gasteiger partial charge in [-0.3, -0.25) is 19.7 Å². The van der Waals surface area contributed by atoms with Crippen molar-refractivity contribution in [2.75, 3.05) is 6.61 Å². The van der Waals surface area contributed by atoms with Crippen molar-refractivity contribution in [3.8, 4) is 6.07 Å². The summed E-state index contributed by atoms with van der Waals surface area (Å²) in [5.41, 5.74) is -0.907. The lowest BCUT2D eigenvalue weighted by atomic mass is 10.0. The molecule has 1 aromatic carbocycles. The fourth-order valence-electron chi connectivity index (χ4n) is 1.60. The number of nitriles is 1. The third-order valence-electron chi connectivity index (χ3n) is 2.36. The third kappa shape index (κ3) is 3.13. The van der Waals surface area contributed by atoms with Gasteiger partial charge in [0.2, 0.25) is 0 Å². The topological polar surface area (TPSA) is 110 Å². The van der Waals surface area contributed by atoms with Crippen LogP contribution in [0.1, 0.15) is 28.4 Å². The van der Waals surface area contributed by atoms with Gasteiger partial charge in [0, 0.05) is 5.56 Å². The molecule has 19 heavy (non-hydrogen) atoms. The highest BCUT2D eigenvalue weighted by atomic mass is 16.6. The van der Waals surface area contributed by atoms with E-state index in [4.69, 9.17) is 10.00 Å². The van der Waals surface area contributed by atoms with E-state index in [1.54, 1.807) is 13.0 Å². The monoisotopic (exact) mass is 262 g/mol. The predicted octanol–water partition coefficient (Wildman–Crippen LogP) is 1.38. The standard InChI is InChI=1S/C12H10N2O5/c1-2-19-11(16)5-8-3-4-9(6-13)10(7-15)12(8)14(17)18/h3-4,7H,2,5H2,1H3. The van der Waals surface area contributed by atoms with E-state index in [9.17, 15) is 19.7 Å². The first-order valence-corrected chi connectivity index (χ1v) is 5.36. The number of nitro groups is 1. The van der Waals surface area contributed by atoms with Crippen molar-refractivity contribution < 1.29 is 19.2 Å². The Morgan fingerprint density at radius 2 is 2.26 bits per heavy atom. The second-order valence-corrected chi connectivity index (χ2v) is 3.50. The molecule has 7 nitrogen and oxygen atoms in total. The van der Waals surface area contributed by atoms with Crippen LogP contribution in [-0.2, 0) is 16.0 Å². The first-order chi connectivity index (χ1) is 9.04. The fraction of sp³-hybridized carbons (Fsp3) is 0.250. The average molecular weight is 262 g/mol. The van der Waals surface area contributed by atoms with E-state index in [-0.39, 0.29) is 36.0 Å². The zero-order valence-electron chi connectivity index (χ0n) is 10.1. The molecule has 0 unspecified atom stereocenters. The molecule has 0 saturated carbocycles. The van der Waals surface area contributed by atoms with Crippen molar-refractivity contribution in [3.63, 3.8) is 0 Å². The Kier molecular flexibility index (Phi) is 4.71. The molecule has 98 valence electrons. The maximum atomic E-state index is 11.3. The van der Waals surface area contributed by atoms with Gasteiger partial charge < -0.3 is 4.74 Å². The number of hydrogen-bond acceptors (Lipinski definition) is 6. The van der Waals surface area contributed by atoms with Gasteiger partial charge in [0.25, 0.3) is 5.69 Å². The highest BCUT2D eigenvalue weighted by Crippen LogP contribution is 2.26. The first-order valence-electron chi connectivity index (χ1n) is 5.36. The molecule has 0 fully saturated rings. The van der Waals surface area contributed by atoms with Crippen LogP contribution in [0.25, 0.3) is 0 Å². The Morgan fingerprint density at radius 1 is 1.58 bits per heavy atom. The van der Waals surface area contributed by atoms with Crippen LogP contribution in [0.2, 0.25) is 0 Å². The van der Waals surface area contributed by atoms with Crippen molar-refractivity contribution in [3.05, 3.63) is 38.9 Å². The SMILES string of the molecule is CCOC(=O)Cc1ccc(C#N)c(C=O)c1[N+](=O)[O-]. The normalized spacial score (nSPS) is 9.47. The third-order valence-corrected chi connectivity index (χ3v) is 2.36. The Bertz CT molecular complexity index is 574. The molecule has 1 rings (SSSR count). The molecule has 0 heterocycles. The lowest BCUT2D eigenvalue weighted by Gasteiger charge is -2.06. The van der Waals surface area contributed by atoms with Crippen molar-refractivity contribution in [1.82, 2.24) is 0 Å². The summed E-state index contributed by atoms with van der Waals surface area (Å²) in [7, 11) is 0. The van der Waals surface area contributed by atoms with E-state index in [2.05, 4.69) is 0 Å². The number of nitrogens with zero attached hydrogens (tertiary/aromatic N) is 2. The molecular weight excluding hydrogens is 252 g/mol. The molecule has 0 aliphatic heterocycles. The Hall–Kier alpha value is -2.75. The predicted molar refractivity (Wildman–Crippen MR) is 63.5 cm³/mol. The fourth-order valence-corrected chi connectivity index (χ4v) is 1.60. The van der Waals surface area contributed by atoms with E-state index in [0.717, 1.165) is 0 Å². The van der Waals surface area contributed by atoms with E-state index in [0.29, 0.717) is 0 Å². The smallest absolute Gasteiger partial charge is 0.310 e. The van der Waals surface area contributed by atoms with E-state index >= 15 is 0 Å². The minimum absolute atomic E-state index is 0.0459. The summed E-state index contributed by atoms with van der Waals surface area (Å²) in [4.78, 5) is 32.5. The summed E-state index contributed by atoms with van der Waals surface area (Å²) in [5.74, 6) is -0.632. The van der Waals surface area contributed by atoms with Gasteiger partial charge >= 0.3 is 5.97 Å². The summed E-state index contributed by atoms with van der Waals surface area (Å²) in [6, 6.07) is 4.24. The van der Waals surface area contributed by atoms with Crippen LogP contribution in [0.4, 0.5) is 5.69 Å². The molecule has 7 heteroatoms. The maximum absolute atomic E-state index is 11.3. The van der Waals surface area contributed by atoms with Crippen LogP contribution in [0.15, 0.2) is 12.1 Å². The van der Waals surface area contributed by atoms with Crippen LogP contribution in [0.5, 0.6) is 0 Å². The van der Waals surface area contributed by atoms with Gasteiger partial charge in [-0.2, -0.15) is 5.26 Å². The van der Waals surface area contributed by atoms with Gasteiger partial charge in [-0.25, -0.2) is 0 Å². The number of esters is 1. The summed E-state index contributed by atoms with van der Waals surface area (Å²) in [5, 5.41) is 19.8. The maximum Gasteiger partial charge on any atom is 0.310 e. The Labute approximate surface area is 108 Å². The number of carbonyl (C=O) groups is 2. The molecule has 0 aliphatic carbocycles. The average Bonchev–Trinajstić information content (AvgIpc) is 2.37. The molecule has 0 radical (unpaired) electrons. The van der Waals surface area contributed by atoms with E-state index in [1.807, 2.05) is 0 Å². The number of benzene rings is 1. The second-order valence-electron chi connectivity index (χ2n) is 3.50. The van der Waals surface area contributed by atoms with Crippen LogP contribution in [0.3, 0.4) is 0 Å². The Balaban J connectivity index is 3.33. The summed E-state index contributed by atoms with van der Waals surface area (Å²) < 4.78 is 4.70. The molecule has 0 N–H and O–H groups in total. The highest BCUT2D eigenvalue weighted by Gasteiger charge is 2.24. The number of rotatable bonds is 5. The Morgan fingerprint density at radius 3 is 2.74 bits per heavy atom. The number of hydrogen-bond donors (Lipinski definition) is 0. The van der Waals surface area contributed by atoms with E-state index < -0.39 is 16.6 Å². The highest BCUT2D eigenvalue weighted by molar-refractivity contribution is 5.88. The zero-order chi connectivity index (χ0) is 14.4. The molecule has 0 atom stereocenters. The minimum Gasteiger partial charge on any atom is -0.466 e. The number of carbonyl (C=O) groups excluding carboxylic acids is 2. The first kappa shape index (κ1) is 14.3. The molecule has 0 bridgehead atoms. The van der Waals surface area contributed by atoms with Gasteiger partial charge in [0.05, 0.1) is 23.5 Å². The summed E-state index contributed by atoms with van der Waals surface area (Å²) in [6.45, 7) is 1.77. The molecular formula is C12H10N2O5. The molecule has 0 aliphatic rings. The van der Waals surface area contributed by atoms with Gasteiger partial charge in [0.1, 0.15) is 11.6 Å². The van der Waals surface area contributed by atoms with Crippen LogP contribution < -0.4 is 0 Å². The molecule has 0 spiro atoms. The number of aldehydes is 1. The van der Waals surface area contributed by atoms with Crippen LogP contribution in [0, 0.1) is 21.4 Å². The lowest BCUT2D eigenvalue weighted by molar-refractivity contribution is -0.385. The quantitative estimate of drug-likeness (QED) is 0.343. The largest absolute Gasteiger partial charge is 0.466 e. The minimum atomic E-state index is -0.779. The van der Waals surface area contributed by atoms with Gasteiger partial charge in [0.15, 0.2) is 6.29 Å². The van der Waals surface area contributed by atoms with Crippen molar-refractivity contribution >= 4 is 17.9 Å². The van der Waals surface area contributed by atoms with Crippen molar-refractivity contribution in [2.24, 2.45) is 0 Å². The molecule has 1 aromatic rings. The molecule has 0 aromatic heterocycles. The lowest BCUT2D eigenvalue weighted by Crippen LogP contribution is -2.11. The number of ether oxygens (including phenoxy) is 1. The molecule has 0 amide bonds. The van der Waals surface area contributed by atoms with Crippen molar-refractivity contribution in [1.29, 1.82) is 5.26 Å². The second kappa shape index (κ2) is 6.26. The summed E-state index contributed by atoms with van der Waals surface area (Å²) in [6.07, 6.45) is -0.0813. The van der Waals surface area contributed by atoms with Gasteiger partial charge in [-0.15, -0.1) is 0 Å². The van der Waals surface area contributed by atoms with Crippen LogP contribution >= 0.6 is 0 Å². The zero-order valence-corrected chi connectivity index (χ0v) is 10.1. The van der Waals surface area contributed by atoms with E-state index in [1.165, 1.54) is 12.1 Å². The van der Waals surface area contributed by atoms with Crippen molar-refractivity contribution in [2.45, 2.75) is 13.3 Å². The van der Waals surface area contributed by atoms with Gasteiger partial charge in [-0.1, -0.05) is 6.07 Å². The molecule has 0 saturated heterocycles. The van der Waals surface area contributed by atoms with Crippen LogP contribution in [-0.4, -0.2) is 23.8 Å². The van der Waals surface area contributed by atoms with Gasteiger partial charge in [-0.05, 0) is 13.0 Å².